The second kappa shape index (κ2) is 4.57. The van der Waals surface area contributed by atoms with Crippen molar-refractivity contribution >= 4 is 18.0 Å². The van der Waals surface area contributed by atoms with Crippen molar-refractivity contribution in [3.8, 4) is 0 Å². The molecule has 0 amide bonds. The minimum Gasteiger partial charge on any atom is -0.259 e. The Morgan fingerprint density at radius 2 is 1.54 bits per heavy atom. The van der Waals surface area contributed by atoms with E-state index in [1.165, 1.54) is 0 Å². The van der Waals surface area contributed by atoms with E-state index in [9.17, 15) is 0 Å². The first kappa shape index (κ1) is 13.1. The molecule has 5 heteroatoms. The van der Waals surface area contributed by atoms with E-state index in [0.29, 0.717) is 0 Å². The lowest BCUT2D eigenvalue weighted by Crippen LogP contribution is -2.47. The molecule has 0 atom stereocenters. The summed E-state index contributed by atoms with van der Waals surface area (Å²) in [5, 5.41) is 0. The van der Waals surface area contributed by atoms with Crippen LogP contribution >= 0.6 is 0 Å². The predicted octanol–water partition coefficient (Wildman–Crippen LogP) is 2.47. The second-order valence-electron chi connectivity index (χ2n) is 3.95. The monoisotopic (exact) mass is 221 g/mol. The van der Waals surface area contributed by atoms with Crippen LogP contribution in [-0.4, -0.2) is 39.1 Å². The summed E-state index contributed by atoms with van der Waals surface area (Å²) in [6.45, 7) is 9.17. The summed E-state index contributed by atoms with van der Waals surface area (Å²) in [5.74, 6) is 1.03. The van der Waals surface area contributed by atoms with Gasteiger partial charge in [-0.1, -0.05) is 26.6 Å². The molecule has 0 aliphatic carbocycles. The quantitative estimate of drug-likeness (QED) is 0.673. The van der Waals surface area contributed by atoms with Crippen LogP contribution in [0.1, 0.15) is 6.92 Å². The van der Waals surface area contributed by atoms with Crippen molar-refractivity contribution < 1.29 is 0 Å². The van der Waals surface area contributed by atoms with Crippen LogP contribution in [0.3, 0.4) is 0 Å². The molecule has 3 nitrogen and oxygen atoms in total. The van der Waals surface area contributed by atoms with Crippen LogP contribution < -0.4 is 0 Å². The summed E-state index contributed by atoms with van der Waals surface area (Å²) in [6.07, 6.45) is 0. The fourth-order valence-corrected chi connectivity index (χ4v) is 7.16. The van der Waals surface area contributed by atoms with Gasteiger partial charge in [0, 0.05) is 19.8 Å². The maximum atomic E-state index is 4.50. The third-order valence-corrected chi connectivity index (χ3v) is 9.59. The van der Waals surface area contributed by atoms with Crippen LogP contribution in [0, 0.1) is 0 Å². The normalized spacial score (nSPS) is 13.2. The molecule has 0 bridgehead atoms. The van der Waals surface area contributed by atoms with E-state index in [0.717, 1.165) is 5.75 Å². The van der Waals surface area contributed by atoms with Gasteiger partial charge in [0.2, 0.25) is 0 Å². The summed E-state index contributed by atoms with van der Waals surface area (Å²) in [4.78, 5) is 0. The van der Waals surface area contributed by atoms with Gasteiger partial charge in [0.1, 0.15) is 8.24 Å². The summed E-state index contributed by atoms with van der Waals surface area (Å²) in [5.41, 5.74) is 0. The van der Waals surface area contributed by atoms with Crippen molar-refractivity contribution in [2.45, 2.75) is 26.6 Å². The molecule has 0 aromatic rings. The number of rotatable bonds is 3. The third kappa shape index (κ3) is 2.79. The van der Waals surface area contributed by atoms with Crippen LogP contribution in [0.25, 0.3) is 0 Å². The van der Waals surface area contributed by atoms with Gasteiger partial charge in [-0.25, -0.2) is 8.73 Å². The molecular weight excluding hydrogens is 198 g/mol. The zero-order valence-corrected chi connectivity index (χ0v) is 11.8. The Morgan fingerprint density at radius 3 is 1.62 bits per heavy atom. The van der Waals surface area contributed by atoms with E-state index in [2.05, 4.69) is 46.3 Å². The van der Waals surface area contributed by atoms with E-state index in [1.54, 1.807) is 0 Å². The minimum absolute atomic E-state index is 1.03. The maximum absolute atomic E-state index is 4.50. The zero-order chi connectivity index (χ0) is 10.7. The molecule has 0 rings (SSSR count). The fraction of sp³-hybridized carbons (Fsp3) is 1.00. The second-order valence-corrected chi connectivity index (χ2v) is 12.4. The summed E-state index contributed by atoms with van der Waals surface area (Å²) < 4.78 is 11.4. The lowest BCUT2D eigenvalue weighted by Gasteiger charge is -2.35. The Bertz CT molecular complexity index is 258. The molecule has 0 aliphatic rings. The van der Waals surface area contributed by atoms with Gasteiger partial charge in [-0.05, 0) is 16.9 Å². The van der Waals surface area contributed by atoms with Crippen molar-refractivity contribution in [1.82, 2.24) is 3.97 Å². The molecule has 0 unspecified atom stereocenters. The van der Waals surface area contributed by atoms with Crippen molar-refractivity contribution in [2.75, 3.05) is 26.9 Å². The van der Waals surface area contributed by atoms with Crippen LogP contribution in [0.15, 0.2) is 8.73 Å². The van der Waals surface area contributed by atoms with Gasteiger partial charge in [-0.2, -0.15) is 0 Å². The van der Waals surface area contributed by atoms with E-state index >= 15 is 0 Å². The Kier molecular flexibility index (Phi) is 4.61. The SMILES string of the molecule is CCS(=NC)(=NC)N(C)[Si](C)(C)C. The maximum Gasteiger partial charge on any atom is 0.133 e. The first-order valence-electron chi connectivity index (χ1n) is 4.61. The predicted molar refractivity (Wildman–Crippen MR) is 65.7 cm³/mol. The Morgan fingerprint density at radius 1 is 1.15 bits per heavy atom. The number of hydrogen-bond donors (Lipinski definition) is 0. The van der Waals surface area contributed by atoms with Crippen LogP contribution in [-0.2, 0) is 9.81 Å². The van der Waals surface area contributed by atoms with Crippen molar-refractivity contribution in [2.24, 2.45) is 8.73 Å². The average Bonchev–Trinajstić information content (AvgIpc) is 2.07. The van der Waals surface area contributed by atoms with Crippen molar-refractivity contribution in [1.29, 1.82) is 0 Å². The highest BCUT2D eigenvalue weighted by Gasteiger charge is 2.25. The van der Waals surface area contributed by atoms with Crippen LogP contribution in [0.2, 0.25) is 19.6 Å². The van der Waals surface area contributed by atoms with Gasteiger partial charge in [0.05, 0.1) is 0 Å². The Hall–Kier alpha value is 0.127. The molecule has 0 saturated heterocycles. The highest BCUT2D eigenvalue weighted by molar-refractivity contribution is 7.94. The summed E-state index contributed by atoms with van der Waals surface area (Å²) in [6, 6.07) is 0. The van der Waals surface area contributed by atoms with Gasteiger partial charge < -0.3 is 0 Å². The van der Waals surface area contributed by atoms with Crippen molar-refractivity contribution in [3.05, 3.63) is 0 Å². The molecule has 0 N–H and O–H groups in total. The molecule has 0 aromatic carbocycles. The lowest BCUT2D eigenvalue weighted by atomic mass is 11.0. The van der Waals surface area contributed by atoms with Crippen LogP contribution in [0.4, 0.5) is 0 Å². The molecule has 0 fully saturated rings. The highest BCUT2D eigenvalue weighted by atomic mass is 32.2. The average molecular weight is 221 g/mol. The standard InChI is InChI=1S/C8H23N3SSi/c1-8-12(9-2,10-3)11(4)13(5,6)7/h8H2,1-7H3. The lowest BCUT2D eigenvalue weighted by molar-refractivity contribution is 0.819. The molecule has 0 aromatic heterocycles. The van der Waals surface area contributed by atoms with Gasteiger partial charge >= 0.3 is 0 Å². The fourth-order valence-electron chi connectivity index (χ4n) is 1.22. The Balaban J connectivity index is 5.26. The van der Waals surface area contributed by atoms with E-state index in [1.807, 2.05) is 14.1 Å². The highest BCUT2D eigenvalue weighted by Crippen LogP contribution is 2.16. The molecule has 13 heavy (non-hydrogen) atoms. The zero-order valence-electron chi connectivity index (χ0n) is 9.96. The largest absolute Gasteiger partial charge is 0.259 e. The van der Waals surface area contributed by atoms with E-state index in [4.69, 9.17) is 0 Å². The molecular formula is C8H23N3SSi. The molecule has 0 aliphatic heterocycles. The van der Waals surface area contributed by atoms with Gasteiger partial charge in [0.15, 0.2) is 0 Å². The number of hydrogen-bond acceptors (Lipinski definition) is 2. The van der Waals surface area contributed by atoms with Crippen molar-refractivity contribution in [3.63, 3.8) is 0 Å². The molecule has 0 saturated carbocycles. The first-order valence-corrected chi connectivity index (χ1v) is 9.73. The number of nitrogens with zero attached hydrogens (tertiary/aromatic N) is 3. The minimum atomic E-state index is -1.28. The molecule has 0 radical (unpaired) electrons. The van der Waals surface area contributed by atoms with Gasteiger partial charge in [-0.3, -0.25) is 3.97 Å². The van der Waals surface area contributed by atoms with E-state index in [-0.39, 0.29) is 0 Å². The topological polar surface area (TPSA) is 28.0 Å². The third-order valence-electron chi connectivity index (χ3n) is 2.36. The molecule has 0 heterocycles. The summed E-state index contributed by atoms with van der Waals surface area (Å²) >= 11 is 0. The molecule has 0 spiro atoms. The van der Waals surface area contributed by atoms with Crippen LogP contribution in [0.5, 0.6) is 0 Å². The van der Waals surface area contributed by atoms with Gasteiger partial charge in [-0.15, -0.1) is 0 Å². The Labute approximate surface area is 84.6 Å². The smallest absolute Gasteiger partial charge is 0.133 e. The van der Waals surface area contributed by atoms with E-state index < -0.39 is 18.0 Å². The molecule has 80 valence electrons. The first-order chi connectivity index (χ1) is 5.84. The van der Waals surface area contributed by atoms with Gasteiger partial charge in [0.25, 0.3) is 0 Å². The summed E-state index contributed by atoms with van der Waals surface area (Å²) in [7, 11) is 3.48.